The van der Waals surface area contributed by atoms with Crippen LogP contribution in [-0.2, 0) is 11.4 Å². The third-order valence-electron chi connectivity index (χ3n) is 1.93. The summed E-state index contributed by atoms with van der Waals surface area (Å²) in [7, 11) is 0. The Kier molecular flexibility index (Phi) is 4.76. The van der Waals surface area contributed by atoms with E-state index in [0.29, 0.717) is 0 Å². The molecule has 8 heteroatoms. The van der Waals surface area contributed by atoms with Gasteiger partial charge in [-0.2, -0.15) is 10.6 Å². The first-order valence-corrected chi connectivity index (χ1v) is 5.54. The van der Waals surface area contributed by atoms with E-state index in [-0.39, 0.29) is 24.4 Å². The molecule has 0 aromatic carbocycles. The van der Waals surface area contributed by atoms with Gasteiger partial charge in [0, 0.05) is 6.54 Å². The average Bonchev–Trinajstić information content (AvgIpc) is 2.64. The van der Waals surface area contributed by atoms with Gasteiger partial charge in [-0.15, -0.1) is 0 Å². The van der Waals surface area contributed by atoms with Crippen molar-refractivity contribution in [3.8, 4) is 0 Å². The topological polar surface area (TPSA) is 102 Å². The van der Waals surface area contributed by atoms with Crippen molar-refractivity contribution >= 4 is 5.69 Å². The minimum absolute atomic E-state index is 0.0962. The van der Waals surface area contributed by atoms with Crippen molar-refractivity contribution in [1.82, 2.24) is 15.3 Å². The highest BCUT2D eigenvalue weighted by atomic mass is 16.7. The van der Waals surface area contributed by atoms with E-state index in [2.05, 4.69) is 10.6 Å². The summed E-state index contributed by atoms with van der Waals surface area (Å²) in [5.41, 5.74) is 2.21. The van der Waals surface area contributed by atoms with E-state index in [4.69, 9.17) is 4.84 Å². The Morgan fingerprint density at radius 3 is 2.83 bits per heavy atom. The molecule has 2 N–H and O–H groups in total. The Morgan fingerprint density at radius 1 is 1.67 bits per heavy atom. The van der Waals surface area contributed by atoms with Crippen LogP contribution in [0.1, 0.15) is 20.8 Å². The third kappa shape index (κ3) is 5.21. The Bertz CT molecular complexity index is 399. The molecule has 0 bridgehead atoms. The lowest BCUT2D eigenvalue weighted by molar-refractivity contribution is -0.385. The first kappa shape index (κ1) is 14.6. The number of hydroxylamine groups is 1. The number of hydrogen-bond acceptors (Lipinski definition) is 6. The van der Waals surface area contributed by atoms with Crippen molar-refractivity contribution in [3.05, 3.63) is 22.5 Å². The predicted molar refractivity (Wildman–Crippen MR) is 63.7 cm³/mol. The molecule has 18 heavy (non-hydrogen) atoms. The second-order valence-corrected chi connectivity index (χ2v) is 4.89. The van der Waals surface area contributed by atoms with Crippen LogP contribution in [0.15, 0.2) is 12.4 Å². The Balaban J connectivity index is 2.35. The number of rotatable bonds is 6. The van der Waals surface area contributed by atoms with E-state index < -0.39 is 11.0 Å². The smallest absolute Gasteiger partial charge is 0.306 e. The van der Waals surface area contributed by atoms with E-state index in [9.17, 15) is 15.2 Å². The Labute approximate surface area is 105 Å². The first-order chi connectivity index (χ1) is 8.28. The van der Waals surface area contributed by atoms with Gasteiger partial charge in [0.15, 0.2) is 0 Å². The quantitative estimate of drug-likeness (QED) is 0.568. The highest BCUT2D eigenvalue weighted by Crippen LogP contribution is 2.08. The van der Waals surface area contributed by atoms with E-state index in [1.54, 1.807) is 0 Å². The summed E-state index contributed by atoms with van der Waals surface area (Å²) in [4.78, 5) is 15.1. The number of hydrogen-bond donors (Lipinski definition) is 2. The van der Waals surface area contributed by atoms with E-state index >= 15 is 0 Å². The van der Waals surface area contributed by atoms with Gasteiger partial charge >= 0.3 is 5.69 Å². The third-order valence-corrected chi connectivity index (χ3v) is 1.93. The van der Waals surface area contributed by atoms with Gasteiger partial charge in [0.2, 0.25) is 0 Å². The van der Waals surface area contributed by atoms with Crippen molar-refractivity contribution in [2.24, 2.45) is 0 Å². The molecule has 0 aliphatic rings. The van der Waals surface area contributed by atoms with Crippen molar-refractivity contribution in [2.45, 2.75) is 39.0 Å². The number of nitrogens with one attached hydrogen (secondary N) is 1. The molecular weight excluding hydrogens is 240 g/mol. The Hall–Kier alpha value is -1.51. The lowest BCUT2D eigenvalue weighted by atomic mass is 10.2. The molecule has 1 aromatic rings. The second-order valence-electron chi connectivity index (χ2n) is 4.89. The molecule has 1 atom stereocenters. The van der Waals surface area contributed by atoms with Crippen molar-refractivity contribution < 1.29 is 14.9 Å². The van der Waals surface area contributed by atoms with Gasteiger partial charge in [0.05, 0.1) is 23.2 Å². The molecule has 1 aromatic heterocycles. The number of aliphatic hydroxyl groups excluding tert-OH is 1. The van der Waals surface area contributed by atoms with Gasteiger partial charge in [-0.25, -0.2) is 0 Å². The average molecular weight is 258 g/mol. The molecule has 0 spiro atoms. The lowest BCUT2D eigenvalue weighted by Crippen LogP contribution is -2.36. The normalized spacial score (nSPS) is 13.6. The maximum absolute atomic E-state index is 10.4. The molecule has 0 saturated heterocycles. The minimum Gasteiger partial charge on any atom is -0.390 e. The molecule has 1 heterocycles. The molecule has 0 radical (unpaired) electrons. The number of aromatic nitrogens is 2. The van der Waals surface area contributed by atoms with E-state index in [1.807, 2.05) is 20.8 Å². The van der Waals surface area contributed by atoms with Gasteiger partial charge in [-0.1, -0.05) is 0 Å². The maximum atomic E-state index is 10.4. The maximum Gasteiger partial charge on any atom is 0.306 e. The zero-order valence-corrected chi connectivity index (χ0v) is 10.7. The number of nitrogens with zero attached hydrogens (tertiary/aromatic N) is 3. The summed E-state index contributed by atoms with van der Waals surface area (Å²) in [6.45, 7) is 6.01. The molecule has 0 aliphatic heterocycles. The first-order valence-electron chi connectivity index (χ1n) is 5.54. The van der Waals surface area contributed by atoms with Crippen molar-refractivity contribution in [2.75, 3.05) is 6.54 Å². The van der Waals surface area contributed by atoms with Gasteiger partial charge in [0.25, 0.3) is 0 Å². The summed E-state index contributed by atoms with van der Waals surface area (Å²) in [6.07, 6.45) is 1.67. The van der Waals surface area contributed by atoms with E-state index in [1.165, 1.54) is 10.9 Å². The van der Waals surface area contributed by atoms with Crippen LogP contribution in [0.3, 0.4) is 0 Å². The largest absolute Gasteiger partial charge is 0.390 e. The molecule has 1 rings (SSSR count). The SMILES string of the molecule is CC(C)(C)ONCC(O)Cn1cc([N+](=O)[O-])cn1. The standard InChI is InChI=1S/C10H18N4O4/c1-10(2,3)18-12-5-9(15)7-13-6-8(4-11-13)14(16)17/h4,6,9,12,15H,5,7H2,1-3H3. The van der Waals surface area contributed by atoms with Crippen LogP contribution in [0.25, 0.3) is 0 Å². The fourth-order valence-electron chi connectivity index (χ4n) is 1.18. The predicted octanol–water partition coefficient (Wildman–Crippen LogP) is 0.472. The van der Waals surface area contributed by atoms with Crippen molar-refractivity contribution in [1.29, 1.82) is 0 Å². The molecular formula is C10H18N4O4. The van der Waals surface area contributed by atoms with Crippen LogP contribution in [0.4, 0.5) is 5.69 Å². The van der Waals surface area contributed by atoms with Crippen LogP contribution < -0.4 is 5.48 Å². The highest BCUT2D eigenvalue weighted by Gasteiger charge is 2.14. The molecule has 1 unspecified atom stereocenters. The van der Waals surface area contributed by atoms with E-state index in [0.717, 1.165) is 6.20 Å². The summed E-state index contributed by atoms with van der Waals surface area (Å²) >= 11 is 0. The fraction of sp³-hybridized carbons (Fsp3) is 0.700. The minimum atomic E-state index is -0.744. The fourth-order valence-corrected chi connectivity index (χ4v) is 1.18. The molecule has 0 fully saturated rings. The van der Waals surface area contributed by atoms with Gasteiger partial charge in [-0.3, -0.25) is 19.6 Å². The van der Waals surface area contributed by atoms with Gasteiger partial charge in [0.1, 0.15) is 12.4 Å². The van der Waals surface area contributed by atoms with Gasteiger partial charge < -0.3 is 5.11 Å². The molecule has 0 aliphatic carbocycles. The molecule has 0 amide bonds. The molecule has 8 nitrogen and oxygen atoms in total. The molecule has 0 saturated carbocycles. The number of nitro groups is 1. The lowest BCUT2D eigenvalue weighted by Gasteiger charge is -2.20. The van der Waals surface area contributed by atoms with Gasteiger partial charge in [-0.05, 0) is 20.8 Å². The zero-order chi connectivity index (χ0) is 13.8. The van der Waals surface area contributed by atoms with Crippen LogP contribution in [0, 0.1) is 10.1 Å². The molecule has 102 valence electrons. The summed E-state index contributed by atoms with van der Waals surface area (Å²) in [5.74, 6) is 0. The van der Waals surface area contributed by atoms with Crippen LogP contribution in [0.5, 0.6) is 0 Å². The van der Waals surface area contributed by atoms with Crippen LogP contribution >= 0.6 is 0 Å². The van der Waals surface area contributed by atoms with Crippen LogP contribution in [0.2, 0.25) is 0 Å². The second kappa shape index (κ2) is 5.89. The highest BCUT2D eigenvalue weighted by molar-refractivity contribution is 5.20. The summed E-state index contributed by atoms with van der Waals surface area (Å²) in [6, 6.07) is 0. The monoisotopic (exact) mass is 258 g/mol. The van der Waals surface area contributed by atoms with Crippen LogP contribution in [-0.4, -0.2) is 38.1 Å². The van der Waals surface area contributed by atoms with Crippen molar-refractivity contribution in [3.63, 3.8) is 0 Å². The zero-order valence-electron chi connectivity index (χ0n) is 10.7. The Morgan fingerprint density at radius 2 is 2.33 bits per heavy atom. The number of aliphatic hydroxyl groups is 1. The summed E-state index contributed by atoms with van der Waals surface area (Å²) in [5, 5.41) is 23.9. The summed E-state index contributed by atoms with van der Waals surface area (Å²) < 4.78 is 1.32.